The van der Waals surface area contributed by atoms with Crippen LogP contribution in [0.2, 0.25) is 0 Å². The number of nitrogens with zero attached hydrogens (tertiary/aromatic N) is 2. The summed E-state index contributed by atoms with van der Waals surface area (Å²) >= 11 is 5.31. The van der Waals surface area contributed by atoms with Gasteiger partial charge in [0.25, 0.3) is 0 Å². The Balaban J connectivity index is 1.86. The summed E-state index contributed by atoms with van der Waals surface area (Å²) in [6.07, 6.45) is 4.25. The second kappa shape index (κ2) is 4.42. The number of hydrogen-bond acceptors (Lipinski definition) is 2. The predicted octanol–water partition coefficient (Wildman–Crippen LogP) is 2.44. The molecule has 1 aliphatic rings. The van der Waals surface area contributed by atoms with E-state index in [9.17, 15) is 4.79 Å². The first kappa shape index (κ1) is 11.2. The van der Waals surface area contributed by atoms with Crippen molar-refractivity contribution in [2.45, 2.75) is 13.0 Å². The van der Waals surface area contributed by atoms with E-state index in [2.05, 4.69) is 4.98 Å². The summed E-state index contributed by atoms with van der Waals surface area (Å²) in [5, 5.41) is 0. The number of nitrogens with one attached hydrogen (secondary N) is 1. The minimum absolute atomic E-state index is 0.154. The molecule has 0 aliphatic carbocycles. The fourth-order valence-corrected chi connectivity index (χ4v) is 2.52. The Morgan fingerprint density at radius 2 is 2.11 bits per heavy atom. The molecular weight excluding hydrogens is 246 g/mol. The number of para-hydroxylation sites is 2. The Morgan fingerprint density at radius 1 is 1.28 bits per heavy atom. The van der Waals surface area contributed by atoms with Crippen molar-refractivity contribution in [3.8, 4) is 0 Å². The van der Waals surface area contributed by atoms with Crippen molar-refractivity contribution >= 4 is 29.2 Å². The molecule has 1 amide bonds. The first-order valence-electron chi connectivity index (χ1n) is 5.89. The molecule has 1 N–H and O–H groups in total. The predicted molar refractivity (Wildman–Crippen MR) is 72.6 cm³/mol. The van der Waals surface area contributed by atoms with Crippen LogP contribution >= 0.6 is 12.2 Å². The standard InChI is InChI=1S/C13H13N3OS/c17-12-6-3-7-15(12)8-9-16-11-5-2-1-4-10(11)14-13(16)18/h1-5,7H,6,8-9H2,(H,14,18). The minimum Gasteiger partial charge on any atom is -0.331 e. The summed E-state index contributed by atoms with van der Waals surface area (Å²) in [7, 11) is 0. The highest BCUT2D eigenvalue weighted by Gasteiger charge is 2.14. The highest BCUT2D eigenvalue weighted by atomic mass is 32.1. The largest absolute Gasteiger partial charge is 0.331 e. The van der Waals surface area contributed by atoms with E-state index < -0.39 is 0 Å². The molecule has 1 aromatic heterocycles. The van der Waals surface area contributed by atoms with E-state index in [0.29, 0.717) is 24.3 Å². The maximum Gasteiger partial charge on any atom is 0.230 e. The number of benzene rings is 1. The van der Waals surface area contributed by atoms with Crippen LogP contribution in [-0.4, -0.2) is 26.9 Å². The molecule has 0 saturated carbocycles. The van der Waals surface area contributed by atoms with Crippen molar-refractivity contribution in [2.75, 3.05) is 6.54 Å². The molecule has 0 fully saturated rings. The maximum atomic E-state index is 11.5. The van der Waals surface area contributed by atoms with E-state index in [1.807, 2.05) is 41.1 Å². The number of rotatable bonds is 3. The fourth-order valence-electron chi connectivity index (χ4n) is 2.22. The number of aromatic amines is 1. The zero-order valence-corrected chi connectivity index (χ0v) is 10.6. The van der Waals surface area contributed by atoms with Gasteiger partial charge in [0.15, 0.2) is 4.77 Å². The van der Waals surface area contributed by atoms with E-state index in [0.717, 1.165) is 11.0 Å². The molecule has 1 aromatic carbocycles. The molecule has 3 rings (SSSR count). The molecule has 92 valence electrons. The minimum atomic E-state index is 0.154. The van der Waals surface area contributed by atoms with Crippen LogP contribution in [0.25, 0.3) is 11.0 Å². The molecule has 2 heterocycles. The first-order valence-corrected chi connectivity index (χ1v) is 6.30. The van der Waals surface area contributed by atoms with Crippen LogP contribution in [0.5, 0.6) is 0 Å². The lowest BCUT2D eigenvalue weighted by molar-refractivity contribution is -0.126. The summed E-state index contributed by atoms with van der Waals surface area (Å²) < 4.78 is 2.73. The normalized spacial score (nSPS) is 14.9. The van der Waals surface area contributed by atoms with Crippen LogP contribution in [-0.2, 0) is 11.3 Å². The molecule has 0 spiro atoms. The highest BCUT2D eigenvalue weighted by Crippen LogP contribution is 2.14. The quantitative estimate of drug-likeness (QED) is 0.860. The van der Waals surface area contributed by atoms with Gasteiger partial charge in [-0.1, -0.05) is 18.2 Å². The molecule has 4 nitrogen and oxygen atoms in total. The number of hydrogen-bond donors (Lipinski definition) is 1. The summed E-state index contributed by atoms with van der Waals surface area (Å²) in [5.74, 6) is 0.154. The number of aromatic nitrogens is 2. The van der Waals surface area contributed by atoms with Crippen molar-refractivity contribution < 1.29 is 4.79 Å². The van der Waals surface area contributed by atoms with Gasteiger partial charge in [-0.15, -0.1) is 0 Å². The molecule has 2 aromatic rings. The summed E-state index contributed by atoms with van der Waals surface area (Å²) in [4.78, 5) is 16.4. The van der Waals surface area contributed by atoms with Crippen molar-refractivity contribution in [3.05, 3.63) is 41.3 Å². The Morgan fingerprint density at radius 3 is 2.89 bits per heavy atom. The van der Waals surface area contributed by atoms with Crippen LogP contribution in [0, 0.1) is 4.77 Å². The third-order valence-corrected chi connectivity index (χ3v) is 3.47. The Kier molecular flexibility index (Phi) is 2.76. The Hall–Kier alpha value is -1.88. The van der Waals surface area contributed by atoms with E-state index in [4.69, 9.17) is 12.2 Å². The SMILES string of the molecule is O=C1CC=CN1CCn1c(=S)[nH]c2ccccc21. The van der Waals surface area contributed by atoms with E-state index in [1.165, 1.54) is 0 Å². The van der Waals surface area contributed by atoms with Crippen LogP contribution in [0.4, 0.5) is 0 Å². The van der Waals surface area contributed by atoms with Gasteiger partial charge in [-0.05, 0) is 24.4 Å². The maximum absolute atomic E-state index is 11.5. The smallest absolute Gasteiger partial charge is 0.230 e. The monoisotopic (exact) mass is 259 g/mol. The van der Waals surface area contributed by atoms with Gasteiger partial charge >= 0.3 is 0 Å². The summed E-state index contributed by atoms with van der Waals surface area (Å²) in [5.41, 5.74) is 2.11. The molecular formula is C13H13N3OS. The number of carbonyl (C=O) groups excluding carboxylic acids is 1. The van der Waals surface area contributed by atoms with Gasteiger partial charge < -0.3 is 14.5 Å². The zero-order chi connectivity index (χ0) is 12.5. The summed E-state index contributed by atoms with van der Waals surface area (Å²) in [6.45, 7) is 1.37. The third kappa shape index (κ3) is 1.86. The van der Waals surface area contributed by atoms with E-state index >= 15 is 0 Å². The zero-order valence-electron chi connectivity index (χ0n) is 9.80. The van der Waals surface area contributed by atoms with Crippen LogP contribution in [0.1, 0.15) is 6.42 Å². The second-order valence-corrected chi connectivity index (χ2v) is 4.66. The van der Waals surface area contributed by atoms with Gasteiger partial charge in [-0.25, -0.2) is 0 Å². The van der Waals surface area contributed by atoms with Gasteiger partial charge in [-0.3, -0.25) is 4.79 Å². The topological polar surface area (TPSA) is 41.0 Å². The summed E-state index contributed by atoms with van der Waals surface area (Å²) in [6, 6.07) is 8.00. The number of amides is 1. The van der Waals surface area contributed by atoms with Crippen LogP contribution in [0.3, 0.4) is 0 Å². The van der Waals surface area contributed by atoms with Crippen molar-refractivity contribution in [2.24, 2.45) is 0 Å². The average molecular weight is 259 g/mol. The molecule has 18 heavy (non-hydrogen) atoms. The van der Waals surface area contributed by atoms with Crippen molar-refractivity contribution in [1.82, 2.24) is 14.5 Å². The molecule has 0 bridgehead atoms. The Bertz CT molecular complexity index is 683. The van der Waals surface area contributed by atoms with Gasteiger partial charge in [0.05, 0.1) is 11.0 Å². The number of fused-ring (bicyclic) bond motifs is 1. The number of carbonyl (C=O) groups is 1. The van der Waals surface area contributed by atoms with Gasteiger partial charge in [0.1, 0.15) is 0 Å². The van der Waals surface area contributed by atoms with Gasteiger partial charge in [-0.2, -0.15) is 0 Å². The molecule has 1 aliphatic heterocycles. The number of imidazole rings is 1. The molecule has 0 saturated heterocycles. The highest BCUT2D eigenvalue weighted by molar-refractivity contribution is 7.71. The molecule has 0 unspecified atom stereocenters. The third-order valence-electron chi connectivity index (χ3n) is 3.14. The van der Waals surface area contributed by atoms with Crippen LogP contribution in [0.15, 0.2) is 36.5 Å². The van der Waals surface area contributed by atoms with Gasteiger partial charge in [0, 0.05) is 25.7 Å². The van der Waals surface area contributed by atoms with Crippen LogP contribution < -0.4 is 0 Å². The number of H-pyrrole nitrogens is 1. The lowest BCUT2D eigenvalue weighted by Crippen LogP contribution is -2.25. The van der Waals surface area contributed by atoms with E-state index in [-0.39, 0.29) is 5.91 Å². The second-order valence-electron chi connectivity index (χ2n) is 4.27. The average Bonchev–Trinajstić information content (AvgIpc) is 2.90. The van der Waals surface area contributed by atoms with Crippen molar-refractivity contribution in [1.29, 1.82) is 0 Å². The lowest BCUT2D eigenvalue weighted by Gasteiger charge is -2.14. The van der Waals surface area contributed by atoms with E-state index in [1.54, 1.807) is 4.90 Å². The first-order chi connectivity index (χ1) is 8.75. The van der Waals surface area contributed by atoms with Crippen molar-refractivity contribution in [3.63, 3.8) is 0 Å². The molecule has 5 heteroatoms. The lowest BCUT2D eigenvalue weighted by atomic mass is 10.3. The Labute approximate surface area is 110 Å². The fraction of sp³-hybridized carbons (Fsp3) is 0.231. The molecule has 0 atom stereocenters. The molecule has 0 radical (unpaired) electrons. The van der Waals surface area contributed by atoms with Gasteiger partial charge in [0.2, 0.25) is 5.91 Å².